The van der Waals surface area contributed by atoms with Crippen molar-refractivity contribution in [3.63, 3.8) is 0 Å². The maximum Gasteiger partial charge on any atom is 0.343 e. The Morgan fingerprint density at radius 3 is 2.29 bits per heavy atom. The number of para-hydroxylation sites is 2. The molecule has 0 saturated carbocycles. The zero-order chi connectivity index (χ0) is 19.7. The van der Waals surface area contributed by atoms with Gasteiger partial charge in [0.1, 0.15) is 17.9 Å². The second-order valence-electron chi connectivity index (χ2n) is 6.09. The molecule has 3 aromatic rings. The van der Waals surface area contributed by atoms with Crippen LogP contribution in [0.5, 0.6) is 0 Å². The average molecular weight is 394 g/mol. The quantitative estimate of drug-likeness (QED) is 0.676. The first kappa shape index (κ1) is 18.1. The minimum Gasteiger partial charge on any atom is -0.462 e. The van der Waals surface area contributed by atoms with Gasteiger partial charge in [-0.15, -0.1) is 0 Å². The monoisotopic (exact) mass is 394 g/mol. The number of benzene rings is 2. The van der Waals surface area contributed by atoms with E-state index in [1.54, 1.807) is 18.7 Å². The summed E-state index contributed by atoms with van der Waals surface area (Å²) in [5.41, 5.74) is 7.96. The Labute approximate surface area is 166 Å². The lowest BCUT2D eigenvalue weighted by molar-refractivity contribution is 0.0527. The minimum absolute atomic E-state index is 0.0172. The van der Waals surface area contributed by atoms with Gasteiger partial charge in [0.25, 0.3) is 5.91 Å². The van der Waals surface area contributed by atoms with Crippen LogP contribution in [0.4, 0.5) is 17.2 Å². The summed E-state index contributed by atoms with van der Waals surface area (Å²) in [6.45, 7) is 1.95. The number of carbonyl (C=O) groups excluding carboxylic acids is 2. The first-order valence-corrected chi connectivity index (χ1v) is 9.59. The van der Waals surface area contributed by atoms with E-state index in [9.17, 15) is 9.59 Å². The van der Waals surface area contributed by atoms with Gasteiger partial charge in [-0.05, 0) is 31.2 Å². The predicted molar refractivity (Wildman–Crippen MR) is 107 cm³/mol. The van der Waals surface area contributed by atoms with Gasteiger partial charge in [-0.1, -0.05) is 36.0 Å². The Morgan fingerprint density at radius 1 is 1.07 bits per heavy atom. The number of anilines is 3. The summed E-state index contributed by atoms with van der Waals surface area (Å²) < 4.78 is 6.00. The number of aromatic nitrogens is 2. The van der Waals surface area contributed by atoms with E-state index >= 15 is 0 Å². The van der Waals surface area contributed by atoms with Gasteiger partial charge in [-0.25, -0.2) is 4.79 Å². The SMILES string of the molecule is CCOC(=O)c1cnn(C(=O)CN2c3ccccc3Sc3ccccc32)c1N. The summed E-state index contributed by atoms with van der Waals surface area (Å²) in [6, 6.07) is 15.8. The summed E-state index contributed by atoms with van der Waals surface area (Å²) in [5, 5.41) is 4.01. The van der Waals surface area contributed by atoms with E-state index in [0.717, 1.165) is 25.8 Å². The fourth-order valence-electron chi connectivity index (χ4n) is 3.08. The summed E-state index contributed by atoms with van der Waals surface area (Å²) in [7, 11) is 0. The van der Waals surface area contributed by atoms with E-state index in [1.807, 2.05) is 53.4 Å². The molecule has 2 heterocycles. The molecule has 0 fully saturated rings. The number of hydrogen-bond donors (Lipinski definition) is 1. The Hall–Kier alpha value is -3.26. The third-order valence-electron chi connectivity index (χ3n) is 4.36. The number of hydrogen-bond acceptors (Lipinski definition) is 7. The van der Waals surface area contributed by atoms with Crippen molar-refractivity contribution in [2.75, 3.05) is 23.8 Å². The van der Waals surface area contributed by atoms with Crippen LogP contribution in [-0.2, 0) is 4.74 Å². The number of rotatable bonds is 4. The number of fused-ring (bicyclic) bond motifs is 2. The molecule has 8 heteroatoms. The number of nitrogen functional groups attached to an aromatic ring is 1. The van der Waals surface area contributed by atoms with Crippen LogP contribution < -0.4 is 10.6 Å². The second-order valence-corrected chi connectivity index (χ2v) is 7.18. The molecule has 2 N–H and O–H groups in total. The number of nitrogens with zero attached hydrogens (tertiary/aromatic N) is 3. The van der Waals surface area contributed by atoms with Crippen molar-refractivity contribution in [3.8, 4) is 0 Å². The largest absolute Gasteiger partial charge is 0.462 e. The van der Waals surface area contributed by atoms with Crippen molar-refractivity contribution in [3.05, 3.63) is 60.3 Å². The maximum absolute atomic E-state index is 13.0. The van der Waals surface area contributed by atoms with Crippen LogP contribution in [0.25, 0.3) is 0 Å². The normalized spacial score (nSPS) is 12.2. The van der Waals surface area contributed by atoms with Crippen molar-refractivity contribution in [1.82, 2.24) is 9.78 Å². The Morgan fingerprint density at radius 2 is 1.68 bits per heavy atom. The molecule has 7 nitrogen and oxygen atoms in total. The third-order valence-corrected chi connectivity index (χ3v) is 5.49. The van der Waals surface area contributed by atoms with Crippen LogP contribution >= 0.6 is 11.8 Å². The van der Waals surface area contributed by atoms with E-state index < -0.39 is 5.97 Å². The van der Waals surface area contributed by atoms with Crippen molar-refractivity contribution in [2.45, 2.75) is 16.7 Å². The predicted octanol–water partition coefficient (Wildman–Crippen LogP) is 3.59. The van der Waals surface area contributed by atoms with Crippen LogP contribution in [0.3, 0.4) is 0 Å². The molecule has 1 aliphatic heterocycles. The molecule has 142 valence electrons. The van der Waals surface area contributed by atoms with E-state index in [1.165, 1.54) is 6.20 Å². The van der Waals surface area contributed by atoms with Crippen molar-refractivity contribution in [2.24, 2.45) is 0 Å². The first-order chi connectivity index (χ1) is 13.6. The fourth-order valence-corrected chi connectivity index (χ4v) is 4.17. The number of nitrogens with two attached hydrogens (primary N) is 1. The van der Waals surface area contributed by atoms with Crippen molar-refractivity contribution in [1.29, 1.82) is 0 Å². The zero-order valence-electron chi connectivity index (χ0n) is 15.2. The summed E-state index contributed by atoms with van der Waals surface area (Å²) in [6.07, 6.45) is 1.26. The summed E-state index contributed by atoms with van der Waals surface area (Å²) in [5.74, 6) is -0.954. The molecule has 28 heavy (non-hydrogen) atoms. The van der Waals surface area contributed by atoms with Crippen LogP contribution in [0.2, 0.25) is 0 Å². The molecule has 0 amide bonds. The topological polar surface area (TPSA) is 90.4 Å². The van der Waals surface area contributed by atoms with Gasteiger partial charge in [0.05, 0.1) is 24.2 Å². The first-order valence-electron chi connectivity index (χ1n) is 8.77. The van der Waals surface area contributed by atoms with Gasteiger partial charge in [0.15, 0.2) is 0 Å². The lowest BCUT2D eigenvalue weighted by atomic mass is 10.2. The van der Waals surface area contributed by atoms with Gasteiger partial charge in [0.2, 0.25) is 0 Å². The van der Waals surface area contributed by atoms with Crippen LogP contribution in [0.1, 0.15) is 22.1 Å². The molecule has 0 unspecified atom stereocenters. The standard InChI is InChI=1S/C20H18N4O3S/c1-2-27-20(26)13-11-22-24(19(13)21)18(25)12-23-14-7-3-5-9-16(14)28-17-10-6-4-8-15(17)23/h3-11H,2,12,21H2,1H3. The maximum atomic E-state index is 13.0. The smallest absolute Gasteiger partial charge is 0.343 e. The highest BCUT2D eigenvalue weighted by atomic mass is 32.2. The summed E-state index contributed by atoms with van der Waals surface area (Å²) >= 11 is 1.66. The molecular formula is C20H18N4O3S. The Bertz CT molecular complexity index is 1020. The van der Waals surface area contributed by atoms with E-state index in [2.05, 4.69) is 5.10 Å². The molecule has 0 radical (unpaired) electrons. The highest BCUT2D eigenvalue weighted by Gasteiger charge is 2.27. The highest BCUT2D eigenvalue weighted by Crippen LogP contribution is 2.47. The second kappa shape index (κ2) is 7.40. The van der Waals surface area contributed by atoms with Crippen LogP contribution in [-0.4, -0.2) is 34.8 Å². The number of ether oxygens (including phenoxy) is 1. The van der Waals surface area contributed by atoms with Gasteiger partial charge >= 0.3 is 5.97 Å². The third kappa shape index (κ3) is 3.11. The molecular weight excluding hydrogens is 376 g/mol. The van der Waals surface area contributed by atoms with Gasteiger partial charge in [0, 0.05) is 9.79 Å². The van der Waals surface area contributed by atoms with Gasteiger partial charge < -0.3 is 15.4 Å². The van der Waals surface area contributed by atoms with E-state index in [-0.39, 0.29) is 30.4 Å². The van der Waals surface area contributed by atoms with Crippen molar-refractivity contribution < 1.29 is 14.3 Å². The highest BCUT2D eigenvalue weighted by molar-refractivity contribution is 7.99. The molecule has 0 atom stereocenters. The Balaban J connectivity index is 1.67. The van der Waals surface area contributed by atoms with Gasteiger partial charge in [-0.2, -0.15) is 9.78 Å². The van der Waals surface area contributed by atoms with E-state index in [0.29, 0.717) is 0 Å². The molecule has 4 rings (SSSR count). The Kier molecular flexibility index (Phi) is 4.79. The molecule has 2 aromatic carbocycles. The minimum atomic E-state index is -0.593. The molecule has 0 spiro atoms. The lowest BCUT2D eigenvalue weighted by Gasteiger charge is -2.32. The summed E-state index contributed by atoms with van der Waals surface area (Å²) in [4.78, 5) is 29.0. The molecule has 0 bridgehead atoms. The average Bonchev–Trinajstić information content (AvgIpc) is 3.09. The van der Waals surface area contributed by atoms with Gasteiger partial charge in [-0.3, -0.25) is 4.79 Å². The number of esters is 1. The molecule has 0 saturated heterocycles. The molecule has 0 aliphatic carbocycles. The molecule has 1 aliphatic rings. The van der Waals surface area contributed by atoms with E-state index in [4.69, 9.17) is 10.5 Å². The lowest BCUT2D eigenvalue weighted by Crippen LogP contribution is -2.32. The number of carbonyl (C=O) groups is 2. The zero-order valence-corrected chi connectivity index (χ0v) is 16.0. The van der Waals surface area contributed by atoms with Crippen LogP contribution in [0.15, 0.2) is 64.5 Å². The van der Waals surface area contributed by atoms with Crippen molar-refractivity contribution >= 4 is 40.8 Å². The fraction of sp³-hybridized carbons (Fsp3) is 0.150. The molecule has 1 aromatic heterocycles. The van der Waals surface area contributed by atoms with Crippen LogP contribution in [0, 0.1) is 0 Å².